The summed E-state index contributed by atoms with van der Waals surface area (Å²) in [6.07, 6.45) is 6.00. The first-order valence-corrected chi connectivity index (χ1v) is 9.99. The van der Waals surface area contributed by atoms with Gasteiger partial charge in [0, 0.05) is 13.1 Å². The third-order valence-corrected chi connectivity index (χ3v) is 5.14. The number of nitrogens with zero attached hydrogens (tertiary/aromatic N) is 1. The molecule has 5 nitrogen and oxygen atoms in total. The minimum absolute atomic E-state index is 0.0329. The Morgan fingerprint density at radius 3 is 2.66 bits per heavy atom. The van der Waals surface area contributed by atoms with Crippen molar-refractivity contribution in [2.24, 2.45) is 0 Å². The summed E-state index contributed by atoms with van der Waals surface area (Å²) < 4.78 is 10.5. The van der Waals surface area contributed by atoms with Crippen molar-refractivity contribution in [2.75, 3.05) is 20.3 Å². The monoisotopic (exact) mass is 393 g/mol. The molecule has 2 aromatic rings. The molecule has 0 saturated heterocycles. The van der Waals surface area contributed by atoms with Gasteiger partial charge in [0.1, 0.15) is 5.75 Å². The van der Waals surface area contributed by atoms with Crippen molar-refractivity contribution < 1.29 is 19.1 Å². The van der Waals surface area contributed by atoms with Gasteiger partial charge in [-0.05, 0) is 61.1 Å². The molecule has 0 fully saturated rings. The van der Waals surface area contributed by atoms with Crippen LogP contribution in [0.2, 0.25) is 0 Å². The molecule has 1 aliphatic rings. The van der Waals surface area contributed by atoms with Gasteiger partial charge in [0.25, 0.3) is 5.91 Å². The van der Waals surface area contributed by atoms with Gasteiger partial charge >= 0.3 is 5.97 Å². The predicted molar refractivity (Wildman–Crippen MR) is 112 cm³/mol. The maximum atomic E-state index is 12.5. The van der Waals surface area contributed by atoms with Gasteiger partial charge in [0.05, 0.1) is 12.6 Å². The summed E-state index contributed by atoms with van der Waals surface area (Å²) in [5, 5.41) is 0. The first-order chi connectivity index (χ1) is 14.1. The number of rotatable bonds is 7. The van der Waals surface area contributed by atoms with E-state index < -0.39 is 5.97 Å². The van der Waals surface area contributed by atoms with Crippen LogP contribution in [0.5, 0.6) is 5.75 Å². The first-order valence-electron chi connectivity index (χ1n) is 9.99. The van der Waals surface area contributed by atoms with Gasteiger partial charge in [-0.3, -0.25) is 4.79 Å². The Labute approximate surface area is 171 Å². The molecule has 0 aliphatic heterocycles. The summed E-state index contributed by atoms with van der Waals surface area (Å²) in [7, 11) is 1.78. The van der Waals surface area contributed by atoms with Gasteiger partial charge < -0.3 is 14.4 Å². The van der Waals surface area contributed by atoms with Crippen molar-refractivity contribution >= 4 is 18.0 Å². The molecule has 0 spiro atoms. The van der Waals surface area contributed by atoms with E-state index >= 15 is 0 Å². The van der Waals surface area contributed by atoms with E-state index in [0.717, 1.165) is 30.6 Å². The van der Waals surface area contributed by atoms with E-state index in [1.54, 1.807) is 18.0 Å². The molecule has 0 unspecified atom stereocenters. The second-order valence-electron chi connectivity index (χ2n) is 7.05. The Balaban J connectivity index is 1.51. The Hall–Kier alpha value is -3.08. The second-order valence-corrected chi connectivity index (χ2v) is 7.05. The highest BCUT2D eigenvalue weighted by atomic mass is 16.5. The summed E-state index contributed by atoms with van der Waals surface area (Å²) in [6, 6.07) is 15.7. The Morgan fingerprint density at radius 1 is 1.14 bits per heavy atom. The van der Waals surface area contributed by atoms with E-state index in [1.807, 2.05) is 43.3 Å². The fourth-order valence-electron chi connectivity index (χ4n) is 3.59. The molecule has 29 heavy (non-hydrogen) atoms. The maximum absolute atomic E-state index is 12.5. The normalized spacial score (nSPS) is 15.6. The molecule has 1 amide bonds. The number of carbonyl (C=O) groups excluding carboxylic acids is 2. The number of hydrogen-bond acceptors (Lipinski definition) is 4. The maximum Gasteiger partial charge on any atom is 0.331 e. The zero-order chi connectivity index (χ0) is 20.6. The van der Waals surface area contributed by atoms with Gasteiger partial charge in [-0.15, -0.1) is 0 Å². The zero-order valence-electron chi connectivity index (χ0n) is 17.0. The summed E-state index contributed by atoms with van der Waals surface area (Å²) >= 11 is 0. The van der Waals surface area contributed by atoms with Crippen molar-refractivity contribution in [3.8, 4) is 5.75 Å². The minimum Gasteiger partial charge on any atom is -0.494 e. The van der Waals surface area contributed by atoms with Crippen molar-refractivity contribution in [2.45, 2.75) is 32.2 Å². The van der Waals surface area contributed by atoms with E-state index in [2.05, 4.69) is 12.1 Å². The van der Waals surface area contributed by atoms with E-state index in [0.29, 0.717) is 6.61 Å². The number of amides is 1. The number of benzene rings is 2. The van der Waals surface area contributed by atoms with Gasteiger partial charge in [0.15, 0.2) is 6.61 Å². The molecule has 0 aromatic heterocycles. The van der Waals surface area contributed by atoms with E-state index in [-0.39, 0.29) is 18.6 Å². The standard InChI is InChI=1S/C24H27NO4/c1-3-28-20-14-11-18(12-15-20)13-16-24(27)29-17-23(26)25(2)22-10-6-8-19-7-4-5-9-21(19)22/h4-5,7,9,11-16,22H,3,6,8,10,17H2,1-2H3/b16-13+/t22-/m1/s1. The molecular weight excluding hydrogens is 366 g/mol. The Bertz CT molecular complexity index is 873. The molecule has 0 N–H and O–H groups in total. The van der Waals surface area contributed by atoms with Crippen molar-refractivity contribution in [3.63, 3.8) is 0 Å². The highest BCUT2D eigenvalue weighted by molar-refractivity contribution is 5.89. The van der Waals surface area contributed by atoms with Crippen molar-refractivity contribution in [1.29, 1.82) is 0 Å². The fourth-order valence-corrected chi connectivity index (χ4v) is 3.59. The quantitative estimate of drug-likeness (QED) is 0.523. The van der Waals surface area contributed by atoms with Gasteiger partial charge in [0.2, 0.25) is 0 Å². The average molecular weight is 393 g/mol. The number of likely N-dealkylation sites (N-methyl/N-ethyl adjacent to an activating group) is 1. The Kier molecular flexibility index (Phi) is 7.06. The molecule has 1 atom stereocenters. The van der Waals surface area contributed by atoms with Crippen LogP contribution in [0.4, 0.5) is 0 Å². The zero-order valence-corrected chi connectivity index (χ0v) is 17.0. The third-order valence-electron chi connectivity index (χ3n) is 5.14. The molecule has 152 valence electrons. The largest absolute Gasteiger partial charge is 0.494 e. The average Bonchev–Trinajstić information content (AvgIpc) is 2.76. The van der Waals surface area contributed by atoms with Gasteiger partial charge in [-0.1, -0.05) is 36.4 Å². The topological polar surface area (TPSA) is 55.8 Å². The van der Waals surface area contributed by atoms with Crippen LogP contribution in [-0.4, -0.2) is 37.0 Å². The number of esters is 1. The summed E-state index contributed by atoms with van der Waals surface area (Å²) in [4.78, 5) is 26.2. The summed E-state index contributed by atoms with van der Waals surface area (Å²) in [5.41, 5.74) is 3.34. The molecule has 5 heteroatoms. The van der Waals surface area contributed by atoms with Gasteiger partial charge in [-0.25, -0.2) is 4.79 Å². The highest BCUT2D eigenvalue weighted by Gasteiger charge is 2.26. The van der Waals surface area contributed by atoms with Crippen molar-refractivity contribution in [3.05, 3.63) is 71.3 Å². The van der Waals surface area contributed by atoms with Crippen molar-refractivity contribution in [1.82, 2.24) is 4.90 Å². The lowest BCUT2D eigenvalue weighted by Gasteiger charge is -2.33. The van der Waals surface area contributed by atoms with Gasteiger partial charge in [-0.2, -0.15) is 0 Å². The molecule has 3 rings (SSSR count). The lowest BCUT2D eigenvalue weighted by Crippen LogP contribution is -2.36. The molecule has 0 bridgehead atoms. The van der Waals surface area contributed by atoms with E-state index in [9.17, 15) is 9.59 Å². The van der Waals surface area contributed by atoms with Crippen LogP contribution in [0.25, 0.3) is 6.08 Å². The van der Waals surface area contributed by atoms with Crippen LogP contribution in [0.1, 0.15) is 42.5 Å². The van der Waals surface area contributed by atoms with E-state index in [4.69, 9.17) is 9.47 Å². The second kappa shape index (κ2) is 9.92. The molecular formula is C24H27NO4. The molecule has 1 aliphatic carbocycles. The first kappa shape index (κ1) is 20.6. The van der Waals surface area contributed by atoms with Crippen LogP contribution in [0, 0.1) is 0 Å². The van der Waals surface area contributed by atoms with Crippen LogP contribution in [0.3, 0.4) is 0 Å². The Morgan fingerprint density at radius 2 is 1.90 bits per heavy atom. The fraction of sp³-hybridized carbons (Fsp3) is 0.333. The number of aryl methyl sites for hydroxylation is 1. The summed E-state index contributed by atoms with van der Waals surface area (Å²) in [5.74, 6) is 0.0457. The third kappa shape index (κ3) is 5.47. The lowest BCUT2D eigenvalue weighted by atomic mass is 9.87. The number of ether oxygens (including phenoxy) is 2. The summed E-state index contributed by atoms with van der Waals surface area (Å²) in [6.45, 7) is 2.27. The van der Waals surface area contributed by atoms with Crippen LogP contribution >= 0.6 is 0 Å². The number of carbonyl (C=O) groups is 2. The van der Waals surface area contributed by atoms with Crippen LogP contribution in [0.15, 0.2) is 54.6 Å². The molecule has 0 saturated carbocycles. The highest BCUT2D eigenvalue weighted by Crippen LogP contribution is 2.33. The number of hydrogen-bond donors (Lipinski definition) is 0. The minimum atomic E-state index is -0.537. The smallest absolute Gasteiger partial charge is 0.331 e. The molecule has 2 aromatic carbocycles. The number of fused-ring (bicyclic) bond motifs is 1. The lowest BCUT2D eigenvalue weighted by molar-refractivity contribution is -0.148. The predicted octanol–water partition coefficient (Wildman–Crippen LogP) is 4.18. The SMILES string of the molecule is CCOc1ccc(/C=C/C(=O)OCC(=O)N(C)[C@@H]2CCCc3ccccc32)cc1. The van der Waals surface area contributed by atoms with E-state index in [1.165, 1.54) is 17.2 Å². The molecule has 0 heterocycles. The van der Waals surface area contributed by atoms with Crippen LogP contribution < -0.4 is 4.74 Å². The van der Waals surface area contributed by atoms with Crippen LogP contribution in [-0.2, 0) is 20.7 Å². The molecule has 0 radical (unpaired) electrons.